The summed E-state index contributed by atoms with van der Waals surface area (Å²) in [6.07, 6.45) is 0.947. The van der Waals surface area contributed by atoms with Gasteiger partial charge in [0.1, 0.15) is 10.8 Å². The molecule has 0 aliphatic carbocycles. The minimum Gasteiger partial charge on any atom is -0.379 e. The molecule has 170 valence electrons. The van der Waals surface area contributed by atoms with Crippen LogP contribution in [0.1, 0.15) is 17.1 Å². The molecular formula is C25H27N5O2S. The number of aromatic nitrogens is 3. The smallest absolute Gasteiger partial charge is 0.226 e. The Hall–Kier alpha value is -3.07. The van der Waals surface area contributed by atoms with Crippen LogP contribution < -0.4 is 5.32 Å². The number of ether oxygens (including phenoxy) is 1. The lowest BCUT2D eigenvalue weighted by molar-refractivity contribution is -0.120. The number of morpholine rings is 1. The average molecular weight is 462 g/mol. The maximum absolute atomic E-state index is 12.4. The van der Waals surface area contributed by atoms with Gasteiger partial charge in [-0.25, -0.2) is 9.97 Å². The van der Waals surface area contributed by atoms with Crippen molar-refractivity contribution in [3.05, 3.63) is 71.0 Å². The van der Waals surface area contributed by atoms with E-state index < -0.39 is 0 Å². The van der Waals surface area contributed by atoms with Gasteiger partial charge in [0.05, 0.1) is 36.4 Å². The summed E-state index contributed by atoms with van der Waals surface area (Å²) >= 11 is 1.58. The second kappa shape index (κ2) is 10.2. The lowest BCUT2D eigenvalue weighted by Crippen LogP contribution is -2.35. The third kappa shape index (κ3) is 5.65. The molecule has 0 spiro atoms. The van der Waals surface area contributed by atoms with Crippen molar-refractivity contribution in [2.24, 2.45) is 0 Å². The van der Waals surface area contributed by atoms with Gasteiger partial charge in [-0.05, 0) is 23.8 Å². The van der Waals surface area contributed by atoms with E-state index in [9.17, 15) is 4.79 Å². The Morgan fingerprint density at radius 2 is 2.00 bits per heavy atom. The molecule has 1 aliphatic heterocycles. The fourth-order valence-corrected chi connectivity index (χ4v) is 4.83. The minimum atomic E-state index is -0.0240. The van der Waals surface area contributed by atoms with E-state index in [1.165, 1.54) is 5.56 Å². The summed E-state index contributed by atoms with van der Waals surface area (Å²) in [5.74, 6) is 0.855. The van der Waals surface area contributed by atoms with Crippen molar-refractivity contribution in [3.63, 3.8) is 0 Å². The molecule has 0 bridgehead atoms. The molecule has 1 amide bonds. The summed E-state index contributed by atoms with van der Waals surface area (Å²) in [6, 6.07) is 16.4. The van der Waals surface area contributed by atoms with Crippen LogP contribution in [0.5, 0.6) is 0 Å². The quantitative estimate of drug-likeness (QED) is 0.420. The molecule has 0 radical (unpaired) electrons. The first-order valence-corrected chi connectivity index (χ1v) is 12.1. The van der Waals surface area contributed by atoms with Crippen molar-refractivity contribution < 1.29 is 9.53 Å². The number of carbonyl (C=O) groups excluding carboxylic acids is 1. The van der Waals surface area contributed by atoms with Gasteiger partial charge in [0, 0.05) is 43.5 Å². The molecule has 0 atom stereocenters. The molecular weight excluding hydrogens is 434 g/mol. The highest BCUT2D eigenvalue weighted by molar-refractivity contribution is 7.13. The van der Waals surface area contributed by atoms with Crippen molar-refractivity contribution in [2.45, 2.75) is 19.4 Å². The normalized spacial score (nSPS) is 14.5. The monoisotopic (exact) mass is 461 g/mol. The molecule has 2 aromatic heterocycles. The van der Waals surface area contributed by atoms with Crippen LogP contribution in [0, 0.1) is 0 Å². The molecule has 0 saturated carbocycles. The van der Waals surface area contributed by atoms with Crippen LogP contribution in [0.3, 0.4) is 0 Å². The summed E-state index contributed by atoms with van der Waals surface area (Å²) in [5.41, 5.74) is 5.14. The fourth-order valence-electron chi connectivity index (χ4n) is 4.01. The topological polar surface area (TPSA) is 83.1 Å². The number of nitrogens with one attached hydrogen (secondary N) is 2. The average Bonchev–Trinajstić information content (AvgIpc) is 3.46. The first-order valence-electron chi connectivity index (χ1n) is 11.3. The van der Waals surface area contributed by atoms with Crippen LogP contribution in [0.25, 0.3) is 21.6 Å². The van der Waals surface area contributed by atoms with Crippen molar-refractivity contribution >= 4 is 28.3 Å². The number of amides is 1. The van der Waals surface area contributed by atoms with E-state index in [1.807, 2.05) is 29.6 Å². The molecule has 3 heterocycles. The second-order valence-electron chi connectivity index (χ2n) is 8.21. The van der Waals surface area contributed by atoms with Gasteiger partial charge in [0.25, 0.3) is 0 Å². The Bertz CT molecular complexity index is 1200. The van der Waals surface area contributed by atoms with Crippen molar-refractivity contribution in [1.82, 2.24) is 25.2 Å². The van der Waals surface area contributed by atoms with Gasteiger partial charge < -0.3 is 15.0 Å². The van der Waals surface area contributed by atoms with Gasteiger partial charge in [0.2, 0.25) is 5.91 Å². The molecule has 7 nitrogen and oxygen atoms in total. The van der Waals surface area contributed by atoms with E-state index >= 15 is 0 Å². The molecule has 5 rings (SSSR count). The Kier molecular flexibility index (Phi) is 6.76. The number of aromatic amines is 1. The Morgan fingerprint density at radius 3 is 2.88 bits per heavy atom. The van der Waals surface area contributed by atoms with E-state index in [0.717, 1.165) is 66.0 Å². The van der Waals surface area contributed by atoms with Gasteiger partial charge in [-0.2, -0.15) is 0 Å². The van der Waals surface area contributed by atoms with Crippen LogP contribution in [0.15, 0.2) is 53.9 Å². The lowest BCUT2D eigenvalue weighted by atomic mass is 10.1. The fraction of sp³-hybridized carbons (Fsp3) is 0.320. The number of carbonyl (C=O) groups is 1. The zero-order valence-corrected chi connectivity index (χ0v) is 19.2. The Balaban J connectivity index is 1.13. The molecule has 0 unspecified atom stereocenters. The van der Waals surface area contributed by atoms with Crippen LogP contribution >= 0.6 is 11.3 Å². The molecule has 1 saturated heterocycles. The van der Waals surface area contributed by atoms with Gasteiger partial charge in [0.15, 0.2) is 0 Å². The molecule has 4 aromatic rings. The first kappa shape index (κ1) is 21.8. The highest BCUT2D eigenvalue weighted by Crippen LogP contribution is 2.25. The third-order valence-electron chi connectivity index (χ3n) is 5.70. The van der Waals surface area contributed by atoms with E-state index in [4.69, 9.17) is 9.72 Å². The maximum Gasteiger partial charge on any atom is 0.226 e. The number of H-pyrrole nitrogens is 1. The predicted molar refractivity (Wildman–Crippen MR) is 130 cm³/mol. The summed E-state index contributed by atoms with van der Waals surface area (Å²) < 4.78 is 5.44. The van der Waals surface area contributed by atoms with E-state index in [0.29, 0.717) is 13.0 Å². The number of fused-ring (bicyclic) bond motifs is 1. The SMILES string of the molecule is O=C(Cc1csc(-c2cccc(CN3CCOCC3)c2)n1)NCCc1nc2ccccc2[nH]1. The van der Waals surface area contributed by atoms with Crippen molar-refractivity contribution in [1.29, 1.82) is 0 Å². The molecule has 33 heavy (non-hydrogen) atoms. The minimum absolute atomic E-state index is 0.0240. The molecule has 1 fully saturated rings. The second-order valence-corrected chi connectivity index (χ2v) is 9.07. The van der Waals surface area contributed by atoms with Crippen LogP contribution in [-0.4, -0.2) is 58.6 Å². The van der Waals surface area contributed by atoms with Crippen LogP contribution in [0.2, 0.25) is 0 Å². The standard InChI is InChI=1S/C25H27N5O2S/c31-24(26-9-8-23-28-21-6-1-2-7-22(21)29-23)15-20-17-33-25(27-20)19-5-3-4-18(14-19)16-30-10-12-32-13-11-30/h1-7,14,17H,8-13,15-16H2,(H,26,31)(H,28,29). The summed E-state index contributed by atoms with van der Waals surface area (Å²) in [5, 5.41) is 5.90. The lowest BCUT2D eigenvalue weighted by Gasteiger charge is -2.26. The highest BCUT2D eigenvalue weighted by atomic mass is 32.1. The first-order chi connectivity index (χ1) is 16.2. The third-order valence-corrected chi connectivity index (χ3v) is 6.64. The summed E-state index contributed by atoms with van der Waals surface area (Å²) in [7, 11) is 0. The number of thiazole rings is 1. The van der Waals surface area contributed by atoms with Gasteiger partial charge in [-0.3, -0.25) is 9.69 Å². The van der Waals surface area contributed by atoms with Crippen molar-refractivity contribution in [2.75, 3.05) is 32.8 Å². The van der Waals surface area contributed by atoms with E-state index in [1.54, 1.807) is 11.3 Å². The number of benzene rings is 2. The largest absolute Gasteiger partial charge is 0.379 e. The van der Waals surface area contributed by atoms with Crippen LogP contribution in [-0.2, 0) is 28.9 Å². The Morgan fingerprint density at radius 1 is 1.12 bits per heavy atom. The summed E-state index contributed by atoms with van der Waals surface area (Å²) in [6.45, 7) is 5.00. The molecule has 8 heteroatoms. The zero-order valence-electron chi connectivity index (χ0n) is 18.4. The summed E-state index contributed by atoms with van der Waals surface area (Å²) in [4.78, 5) is 27.4. The number of hydrogen-bond acceptors (Lipinski definition) is 6. The number of para-hydroxylation sites is 2. The number of nitrogens with zero attached hydrogens (tertiary/aromatic N) is 3. The predicted octanol–water partition coefficient (Wildman–Crippen LogP) is 3.42. The number of hydrogen-bond donors (Lipinski definition) is 2. The van der Waals surface area contributed by atoms with Gasteiger partial charge in [-0.1, -0.05) is 30.3 Å². The van der Waals surface area contributed by atoms with Crippen LogP contribution in [0.4, 0.5) is 0 Å². The van der Waals surface area contributed by atoms with E-state index in [-0.39, 0.29) is 12.3 Å². The number of rotatable bonds is 8. The molecule has 2 aromatic carbocycles. The number of imidazole rings is 1. The Labute approximate surface area is 196 Å². The maximum atomic E-state index is 12.4. The zero-order chi connectivity index (χ0) is 22.5. The molecule has 2 N–H and O–H groups in total. The molecule has 1 aliphatic rings. The highest BCUT2D eigenvalue weighted by Gasteiger charge is 2.13. The van der Waals surface area contributed by atoms with Crippen molar-refractivity contribution in [3.8, 4) is 10.6 Å². The van der Waals surface area contributed by atoms with Gasteiger partial charge >= 0.3 is 0 Å². The van der Waals surface area contributed by atoms with Gasteiger partial charge in [-0.15, -0.1) is 11.3 Å². The van der Waals surface area contributed by atoms with E-state index in [2.05, 4.69) is 44.5 Å².